The zero-order valence-electron chi connectivity index (χ0n) is 10.0. The zero-order chi connectivity index (χ0) is 11.9. The van der Waals surface area contributed by atoms with Crippen molar-refractivity contribution in [1.82, 2.24) is 0 Å². The Kier molecular flexibility index (Phi) is 2.41. The molecule has 1 aromatic rings. The fraction of sp³-hybridized carbons (Fsp3) is 0.462. The van der Waals surface area contributed by atoms with Crippen LogP contribution in [0.3, 0.4) is 0 Å². The lowest BCUT2D eigenvalue weighted by Gasteiger charge is -2.37. The summed E-state index contributed by atoms with van der Waals surface area (Å²) >= 11 is 0. The highest BCUT2D eigenvalue weighted by molar-refractivity contribution is 6.02. The molecule has 86 valence electrons. The van der Waals surface area contributed by atoms with Gasteiger partial charge in [-0.3, -0.25) is 4.79 Å². The number of ketones is 1. The van der Waals surface area contributed by atoms with Gasteiger partial charge in [0.1, 0.15) is 17.1 Å². The van der Waals surface area contributed by atoms with E-state index in [1.165, 1.54) is 0 Å². The molecule has 3 nitrogen and oxygen atoms in total. The summed E-state index contributed by atoms with van der Waals surface area (Å²) in [7, 11) is 1.60. The van der Waals surface area contributed by atoms with Crippen molar-refractivity contribution in [1.29, 1.82) is 0 Å². The molecule has 0 amide bonds. The van der Waals surface area contributed by atoms with Gasteiger partial charge >= 0.3 is 0 Å². The molecule has 1 aliphatic rings. The Labute approximate surface area is 95.4 Å². The van der Waals surface area contributed by atoms with E-state index in [4.69, 9.17) is 9.47 Å². The molecule has 0 saturated carbocycles. The summed E-state index contributed by atoms with van der Waals surface area (Å²) in [6.07, 6.45) is 0. The van der Waals surface area contributed by atoms with Crippen LogP contribution >= 0.6 is 0 Å². The Bertz CT molecular complexity index is 435. The number of ether oxygens (including phenoxy) is 2. The lowest BCUT2D eigenvalue weighted by molar-refractivity contribution is 0.0318. The zero-order valence-corrected chi connectivity index (χ0v) is 10.0. The number of carbonyl (C=O) groups excluding carboxylic acids is 1. The summed E-state index contributed by atoms with van der Waals surface area (Å²) in [5.41, 5.74) is 0.184. The molecular weight excluding hydrogens is 204 g/mol. The fourth-order valence-corrected chi connectivity index (χ4v) is 1.84. The van der Waals surface area contributed by atoms with Crippen molar-refractivity contribution in [3.8, 4) is 11.5 Å². The van der Waals surface area contributed by atoms with E-state index in [-0.39, 0.29) is 11.7 Å². The molecule has 0 aromatic heterocycles. The highest BCUT2D eigenvalue weighted by Crippen LogP contribution is 2.38. The van der Waals surface area contributed by atoms with Gasteiger partial charge in [-0.2, -0.15) is 0 Å². The van der Waals surface area contributed by atoms with E-state index < -0.39 is 5.60 Å². The number of rotatable bonds is 1. The van der Waals surface area contributed by atoms with Gasteiger partial charge in [-0.1, -0.05) is 6.92 Å². The van der Waals surface area contributed by atoms with Crippen molar-refractivity contribution in [2.45, 2.75) is 26.4 Å². The second-order valence-electron chi connectivity index (χ2n) is 4.65. The van der Waals surface area contributed by atoms with Crippen molar-refractivity contribution >= 4 is 5.78 Å². The van der Waals surface area contributed by atoms with Gasteiger partial charge in [0.25, 0.3) is 0 Å². The molecule has 0 radical (unpaired) electrons. The third-order valence-electron chi connectivity index (χ3n) is 3.26. The molecule has 1 unspecified atom stereocenters. The standard InChI is InChI=1S/C13H16O3/c1-8-12(14)10-6-5-9(15-4)7-11(10)16-13(8,2)3/h5-8H,1-4H3. The van der Waals surface area contributed by atoms with Crippen LogP contribution in [0, 0.1) is 5.92 Å². The van der Waals surface area contributed by atoms with Crippen molar-refractivity contribution in [3.05, 3.63) is 23.8 Å². The van der Waals surface area contributed by atoms with E-state index in [9.17, 15) is 4.79 Å². The van der Waals surface area contributed by atoms with Crippen LogP contribution in [0.1, 0.15) is 31.1 Å². The quantitative estimate of drug-likeness (QED) is 0.730. The number of methoxy groups -OCH3 is 1. The first-order chi connectivity index (χ1) is 7.45. The summed E-state index contributed by atoms with van der Waals surface area (Å²) in [5.74, 6) is 1.33. The molecule has 1 heterocycles. The van der Waals surface area contributed by atoms with E-state index >= 15 is 0 Å². The molecule has 1 aromatic carbocycles. The Morgan fingerprint density at radius 1 is 1.38 bits per heavy atom. The molecule has 1 atom stereocenters. The molecule has 2 rings (SSSR count). The highest BCUT2D eigenvalue weighted by atomic mass is 16.5. The molecule has 16 heavy (non-hydrogen) atoms. The summed E-state index contributed by atoms with van der Waals surface area (Å²) in [4.78, 5) is 12.1. The van der Waals surface area contributed by atoms with Crippen molar-refractivity contribution < 1.29 is 14.3 Å². The Balaban J connectivity index is 2.51. The third-order valence-corrected chi connectivity index (χ3v) is 3.26. The van der Waals surface area contributed by atoms with E-state index in [0.29, 0.717) is 17.1 Å². The van der Waals surface area contributed by atoms with E-state index in [1.54, 1.807) is 25.3 Å². The van der Waals surface area contributed by atoms with Crippen LogP contribution in [0.4, 0.5) is 0 Å². The van der Waals surface area contributed by atoms with Crippen LogP contribution in [0.5, 0.6) is 11.5 Å². The minimum Gasteiger partial charge on any atom is -0.497 e. The summed E-state index contributed by atoms with van der Waals surface area (Å²) in [5, 5.41) is 0. The van der Waals surface area contributed by atoms with Crippen LogP contribution in [-0.4, -0.2) is 18.5 Å². The second-order valence-corrected chi connectivity index (χ2v) is 4.65. The molecular formula is C13H16O3. The molecule has 0 aliphatic carbocycles. The predicted octanol–water partition coefficient (Wildman–Crippen LogP) is 2.69. The number of carbonyl (C=O) groups is 1. The Morgan fingerprint density at radius 2 is 2.06 bits per heavy atom. The van der Waals surface area contributed by atoms with Crippen molar-refractivity contribution in [2.75, 3.05) is 7.11 Å². The van der Waals surface area contributed by atoms with Gasteiger partial charge in [0.05, 0.1) is 18.6 Å². The summed E-state index contributed by atoms with van der Waals surface area (Å²) < 4.78 is 11.0. The van der Waals surface area contributed by atoms with Gasteiger partial charge in [-0.25, -0.2) is 0 Å². The Hall–Kier alpha value is -1.51. The predicted molar refractivity (Wildman–Crippen MR) is 61.2 cm³/mol. The lowest BCUT2D eigenvalue weighted by Crippen LogP contribution is -2.44. The molecule has 0 bridgehead atoms. The number of fused-ring (bicyclic) bond motifs is 1. The number of hydrogen-bond donors (Lipinski definition) is 0. The summed E-state index contributed by atoms with van der Waals surface area (Å²) in [6.45, 7) is 5.76. The van der Waals surface area contributed by atoms with Crippen LogP contribution < -0.4 is 9.47 Å². The maximum Gasteiger partial charge on any atom is 0.173 e. The lowest BCUT2D eigenvalue weighted by atomic mass is 9.83. The van der Waals surface area contributed by atoms with E-state index in [0.717, 1.165) is 0 Å². The molecule has 0 N–H and O–H groups in total. The number of benzene rings is 1. The first-order valence-electron chi connectivity index (χ1n) is 5.37. The normalized spacial score (nSPS) is 22.2. The highest BCUT2D eigenvalue weighted by Gasteiger charge is 2.40. The van der Waals surface area contributed by atoms with Crippen molar-refractivity contribution in [2.24, 2.45) is 5.92 Å². The van der Waals surface area contributed by atoms with Crippen LogP contribution in [0.15, 0.2) is 18.2 Å². The van der Waals surface area contributed by atoms with Gasteiger partial charge in [0.2, 0.25) is 0 Å². The molecule has 0 spiro atoms. The molecule has 3 heteroatoms. The fourth-order valence-electron chi connectivity index (χ4n) is 1.84. The number of Topliss-reactive ketones (excluding diaryl/α,β-unsaturated/α-hetero) is 1. The average molecular weight is 220 g/mol. The van der Waals surface area contributed by atoms with Gasteiger partial charge in [0, 0.05) is 6.07 Å². The van der Waals surface area contributed by atoms with Gasteiger partial charge in [-0.05, 0) is 26.0 Å². The second kappa shape index (κ2) is 3.51. The third kappa shape index (κ3) is 1.56. The van der Waals surface area contributed by atoms with Crippen molar-refractivity contribution in [3.63, 3.8) is 0 Å². The SMILES string of the molecule is COc1ccc2c(c1)OC(C)(C)C(C)C2=O. The van der Waals surface area contributed by atoms with Crippen LogP contribution in [-0.2, 0) is 0 Å². The first-order valence-corrected chi connectivity index (χ1v) is 5.37. The Morgan fingerprint density at radius 3 is 2.69 bits per heavy atom. The van der Waals surface area contributed by atoms with Gasteiger partial charge in [-0.15, -0.1) is 0 Å². The molecule has 0 saturated heterocycles. The topological polar surface area (TPSA) is 35.5 Å². The maximum atomic E-state index is 12.1. The molecule has 1 aliphatic heterocycles. The average Bonchev–Trinajstić information content (AvgIpc) is 2.25. The van der Waals surface area contributed by atoms with Crippen LogP contribution in [0.2, 0.25) is 0 Å². The molecule has 0 fully saturated rings. The maximum absolute atomic E-state index is 12.1. The minimum atomic E-state index is -0.462. The van der Waals surface area contributed by atoms with Gasteiger partial charge < -0.3 is 9.47 Å². The number of hydrogen-bond acceptors (Lipinski definition) is 3. The first kappa shape index (κ1) is 11.0. The minimum absolute atomic E-state index is 0.131. The summed E-state index contributed by atoms with van der Waals surface area (Å²) in [6, 6.07) is 5.31. The monoisotopic (exact) mass is 220 g/mol. The van der Waals surface area contributed by atoms with E-state index in [1.807, 2.05) is 20.8 Å². The smallest absolute Gasteiger partial charge is 0.173 e. The largest absolute Gasteiger partial charge is 0.497 e. The van der Waals surface area contributed by atoms with E-state index in [2.05, 4.69) is 0 Å². The van der Waals surface area contributed by atoms with Gasteiger partial charge in [0.15, 0.2) is 5.78 Å². The van der Waals surface area contributed by atoms with Crippen LogP contribution in [0.25, 0.3) is 0 Å².